The molecule has 20 heavy (non-hydrogen) atoms. The molecule has 0 heterocycles. The summed E-state index contributed by atoms with van der Waals surface area (Å²) < 4.78 is 0. The number of nitriles is 1. The molecule has 0 amide bonds. The second-order valence-corrected chi connectivity index (χ2v) is 4.97. The zero-order valence-corrected chi connectivity index (χ0v) is 12.1. The van der Waals surface area contributed by atoms with Crippen LogP contribution in [0.15, 0.2) is 42.5 Å². The van der Waals surface area contributed by atoms with E-state index >= 15 is 0 Å². The number of rotatable bonds is 4. The first kappa shape index (κ1) is 14.2. The molecule has 2 aromatic carbocycles. The first-order valence-corrected chi connectivity index (χ1v) is 6.81. The monoisotopic (exact) mass is 285 g/mol. The number of anilines is 2. The van der Waals surface area contributed by atoms with Crippen LogP contribution in [0, 0.1) is 11.3 Å². The summed E-state index contributed by atoms with van der Waals surface area (Å²) in [7, 11) is 0. The first-order chi connectivity index (χ1) is 9.63. The fourth-order valence-electron chi connectivity index (χ4n) is 2.15. The number of nitrogen functional groups attached to an aromatic ring is 1. The fraction of sp³-hybridized carbons (Fsp3) is 0.188. The Bertz CT molecular complexity index is 646. The molecule has 2 aromatic rings. The molecule has 0 aliphatic carbocycles. The molecule has 0 aliphatic rings. The summed E-state index contributed by atoms with van der Waals surface area (Å²) in [6.45, 7) is 3.56. The van der Waals surface area contributed by atoms with Crippen LogP contribution in [-0.4, -0.2) is 6.54 Å². The molecule has 3 nitrogen and oxygen atoms in total. The molecule has 0 atom stereocenters. The Hall–Kier alpha value is -2.18. The van der Waals surface area contributed by atoms with Crippen LogP contribution in [0.1, 0.15) is 18.1 Å². The Morgan fingerprint density at radius 2 is 2.05 bits per heavy atom. The van der Waals surface area contributed by atoms with Crippen molar-refractivity contribution in [2.24, 2.45) is 0 Å². The van der Waals surface area contributed by atoms with Gasteiger partial charge in [-0.15, -0.1) is 0 Å². The van der Waals surface area contributed by atoms with E-state index in [1.54, 1.807) is 12.1 Å². The number of hydrogen-bond acceptors (Lipinski definition) is 3. The summed E-state index contributed by atoms with van der Waals surface area (Å²) in [4.78, 5) is 2.13. The lowest BCUT2D eigenvalue weighted by Crippen LogP contribution is -2.23. The molecule has 0 bridgehead atoms. The summed E-state index contributed by atoms with van der Waals surface area (Å²) in [5.41, 5.74) is 9.14. The minimum Gasteiger partial charge on any atom is -0.399 e. The highest BCUT2D eigenvalue weighted by Gasteiger charge is 2.11. The third kappa shape index (κ3) is 3.23. The van der Waals surface area contributed by atoms with Crippen molar-refractivity contribution in [3.8, 4) is 6.07 Å². The van der Waals surface area contributed by atoms with Crippen LogP contribution in [-0.2, 0) is 6.54 Å². The Labute approximate surface area is 124 Å². The largest absolute Gasteiger partial charge is 0.399 e. The third-order valence-electron chi connectivity index (χ3n) is 3.13. The average molecular weight is 286 g/mol. The van der Waals surface area contributed by atoms with Crippen molar-refractivity contribution in [3.63, 3.8) is 0 Å². The lowest BCUT2D eigenvalue weighted by atomic mass is 10.1. The highest BCUT2D eigenvalue weighted by molar-refractivity contribution is 6.30. The second-order valence-electron chi connectivity index (χ2n) is 4.53. The third-order valence-corrected chi connectivity index (χ3v) is 3.36. The lowest BCUT2D eigenvalue weighted by molar-refractivity contribution is 0.830. The molecule has 2 N–H and O–H groups in total. The van der Waals surface area contributed by atoms with Crippen molar-refractivity contribution in [3.05, 3.63) is 58.6 Å². The van der Waals surface area contributed by atoms with Crippen LogP contribution in [0.3, 0.4) is 0 Å². The van der Waals surface area contributed by atoms with Crippen LogP contribution in [0.4, 0.5) is 11.4 Å². The molecule has 0 fully saturated rings. The van der Waals surface area contributed by atoms with E-state index in [-0.39, 0.29) is 0 Å². The Morgan fingerprint density at radius 1 is 1.25 bits per heavy atom. The highest BCUT2D eigenvalue weighted by Crippen LogP contribution is 2.25. The predicted molar refractivity (Wildman–Crippen MR) is 83.7 cm³/mol. The summed E-state index contributed by atoms with van der Waals surface area (Å²) in [6.07, 6.45) is 0. The van der Waals surface area contributed by atoms with E-state index in [9.17, 15) is 5.26 Å². The van der Waals surface area contributed by atoms with Crippen LogP contribution in [0.5, 0.6) is 0 Å². The van der Waals surface area contributed by atoms with Gasteiger partial charge in [0.25, 0.3) is 0 Å². The van der Waals surface area contributed by atoms with Crippen molar-refractivity contribution in [1.29, 1.82) is 5.26 Å². The smallest absolute Gasteiger partial charge is 0.101 e. The van der Waals surface area contributed by atoms with Gasteiger partial charge in [-0.25, -0.2) is 0 Å². The molecule has 0 aromatic heterocycles. The van der Waals surface area contributed by atoms with E-state index in [1.807, 2.05) is 30.3 Å². The normalized spacial score (nSPS) is 10.1. The predicted octanol–water partition coefficient (Wildman–Crippen LogP) is 3.82. The molecule has 0 radical (unpaired) electrons. The van der Waals surface area contributed by atoms with Crippen molar-refractivity contribution >= 4 is 23.0 Å². The average Bonchev–Trinajstić information content (AvgIpc) is 2.45. The molecule has 102 valence electrons. The van der Waals surface area contributed by atoms with Crippen LogP contribution >= 0.6 is 11.6 Å². The fourth-order valence-corrected chi connectivity index (χ4v) is 2.32. The standard InChI is InChI=1S/C16H16ClN3/c1-2-20(11-12-4-3-5-15(19)8-12)16-7-6-14(17)9-13(16)10-18/h3-9H,2,11,19H2,1H3. The summed E-state index contributed by atoms with van der Waals surface area (Å²) in [6, 6.07) is 15.4. The minimum absolute atomic E-state index is 0.574. The summed E-state index contributed by atoms with van der Waals surface area (Å²) >= 11 is 5.94. The van der Waals surface area contributed by atoms with Gasteiger partial charge in [-0.1, -0.05) is 23.7 Å². The molecular weight excluding hydrogens is 270 g/mol. The van der Waals surface area contributed by atoms with Crippen molar-refractivity contribution in [2.75, 3.05) is 17.2 Å². The maximum Gasteiger partial charge on any atom is 0.101 e. The van der Waals surface area contributed by atoms with Gasteiger partial charge in [0.15, 0.2) is 0 Å². The SMILES string of the molecule is CCN(Cc1cccc(N)c1)c1ccc(Cl)cc1C#N. The molecule has 0 aliphatic heterocycles. The Morgan fingerprint density at radius 3 is 2.70 bits per heavy atom. The quantitative estimate of drug-likeness (QED) is 0.869. The van der Waals surface area contributed by atoms with Crippen LogP contribution < -0.4 is 10.6 Å². The number of nitrogens with zero attached hydrogens (tertiary/aromatic N) is 2. The molecule has 0 saturated heterocycles. The Balaban J connectivity index is 2.31. The first-order valence-electron chi connectivity index (χ1n) is 6.43. The van der Waals surface area contributed by atoms with Gasteiger partial charge in [-0.2, -0.15) is 5.26 Å². The number of hydrogen-bond donors (Lipinski definition) is 1. The van der Waals surface area contributed by atoms with E-state index in [0.29, 0.717) is 17.1 Å². The topological polar surface area (TPSA) is 53.0 Å². The molecule has 0 unspecified atom stereocenters. The van der Waals surface area contributed by atoms with E-state index in [4.69, 9.17) is 17.3 Å². The van der Waals surface area contributed by atoms with E-state index in [2.05, 4.69) is 17.9 Å². The summed E-state index contributed by atoms with van der Waals surface area (Å²) in [5, 5.41) is 9.82. The van der Waals surface area contributed by atoms with Crippen LogP contribution in [0.2, 0.25) is 5.02 Å². The van der Waals surface area contributed by atoms with Gasteiger partial charge in [0.05, 0.1) is 11.3 Å². The van der Waals surface area contributed by atoms with Crippen LogP contribution in [0.25, 0.3) is 0 Å². The molecule has 0 spiro atoms. The van der Waals surface area contributed by atoms with Gasteiger partial charge in [-0.05, 0) is 42.8 Å². The van der Waals surface area contributed by atoms with E-state index in [0.717, 1.165) is 23.5 Å². The van der Waals surface area contributed by atoms with Gasteiger partial charge < -0.3 is 10.6 Å². The zero-order valence-electron chi connectivity index (χ0n) is 11.3. The Kier molecular flexibility index (Phi) is 4.49. The van der Waals surface area contributed by atoms with E-state index in [1.165, 1.54) is 0 Å². The van der Waals surface area contributed by atoms with Gasteiger partial charge >= 0.3 is 0 Å². The molecular formula is C16H16ClN3. The lowest BCUT2D eigenvalue weighted by Gasteiger charge is -2.24. The van der Waals surface area contributed by atoms with Gasteiger partial charge in [0, 0.05) is 23.8 Å². The minimum atomic E-state index is 0.574. The number of benzene rings is 2. The van der Waals surface area contributed by atoms with E-state index < -0.39 is 0 Å². The van der Waals surface area contributed by atoms with Crippen molar-refractivity contribution < 1.29 is 0 Å². The maximum atomic E-state index is 9.24. The van der Waals surface area contributed by atoms with Crippen molar-refractivity contribution in [1.82, 2.24) is 0 Å². The van der Waals surface area contributed by atoms with Gasteiger partial charge in [0.1, 0.15) is 6.07 Å². The van der Waals surface area contributed by atoms with Crippen molar-refractivity contribution in [2.45, 2.75) is 13.5 Å². The molecule has 0 saturated carbocycles. The second kappa shape index (κ2) is 6.31. The highest BCUT2D eigenvalue weighted by atomic mass is 35.5. The summed E-state index contributed by atoms with van der Waals surface area (Å²) in [5.74, 6) is 0. The van der Waals surface area contributed by atoms with Gasteiger partial charge in [-0.3, -0.25) is 0 Å². The molecule has 2 rings (SSSR count). The molecule has 4 heteroatoms. The zero-order chi connectivity index (χ0) is 14.5. The number of nitrogens with two attached hydrogens (primary N) is 1. The maximum absolute atomic E-state index is 9.24. The van der Waals surface area contributed by atoms with Gasteiger partial charge in [0.2, 0.25) is 0 Å². The number of halogens is 1.